The fraction of sp³-hybridized carbons (Fsp3) is 0.400. The van der Waals surface area contributed by atoms with Crippen LogP contribution in [-0.4, -0.2) is 47.8 Å². The van der Waals surface area contributed by atoms with E-state index >= 15 is 0 Å². The molecule has 0 bridgehead atoms. The molecule has 0 radical (unpaired) electrons. The van der Waals surface area contributed by atoms with E-state index in [1.54, 1.807) is 35.4 Å². The van der Waals surface area contributed by atoms with Crippen molar-refractivity contribution in [2.75, 3.05) is 19.7 Å². The van der Waals surface area contributed by atoms with Gasteiger partial charge in [0.25, 0.3) is 0 Å². The average molecular weight is 388 g/mol. The van der Waals surface area contributed by atoms with Crippen molar-refractivity contribution in [2.45, 2.75) is 32.1 Å². The zero-order chi connectivity index (χ0) is 19.9. The van der Waals surface area contributed by atoms with E-state index in [2.05, 4.69) is 10.3 Å². The van der Waals surface area contributed by atoms with Crippen LogP contribution >= 0.6 is 0 Å². The van der Waals surface area contributed by atoms with Gasteiger partial charge in [-0.1, -0.05) is 0 Å². The summed E-state index contributed by atoms with van der Waals surface area (Å²) in [6, 6.07) is 9.93. The van der Waals surface area contributed by atoms with Gasteiger partial charge in [-0.05, 0) is 49.2 Å². The summed E-state index contributed by atoms with van der Waals surface area (Å²) in [6.45, 7) is 3.42. The number of amides is 2. The summed E-state index contributed by atoms with van der Waals surface area (Å²) < 4.78 is 24.6. The smallest absolute Gasteiger partial charge is 0.317 e. The maximum atomic E-state index is 13.4. The fourth-order valence-electron chi connectivity index (χ4n) is 2.93. The highest BCUT2D eigenvalue weighted by Crippen LogP contribution is 2.23. The molecule has 0 aliphatic carbocycles. The number of nitrogens with one attached hydrogen (secondary N) is 1. The number of hydrogen-bond donors (Lipinski definition) is 2. The number of pyridine rings is 1. The van der Waals surface area contributed by atoms with E-state index in [1.165, 1.54) is 0 Å². The standard InChI is InChI=1S/C20H25FN4O3/c1-2-27-15-3-5-16(6-4-15)28-19-11-14(7-9-23-19)12-24-20(26)25-10-8-17(21)18(22)13-25/h3-7,9,11,17-18H,2,8,10,12-13,22H2,1H3,(H,24,26)/t17-,18-/m1/s1. The molecule has 1 aromatic carbocycles. The number of halogens is 1. The summed E-state index contributed by atoms with van der Waals surface area (Å²) in [7, 11) is 0. The molecule has 7 nitrogen and oxygen atoms in total. The summed E-state index contributed by atoms with van der Waals surface area (Å²) in [5.41, 5.74) is 6.55. The molecule has 1 aromatic heterocycles. The van der Waals surface area contributed by atoms with E-state index < -0.39 is 12.2 Å². The Balaban J connectivity index is 1.53. The number of nitrogens with zero attached hydrogens (tertiary/aromatic N) is 2. The van der Waals surface area contributed by atoms with Gasteiger partial charge in [-0.3, -0.25) is 0 Å². The van der Waals surface area contributed by atoms with Gasteiger partial charge in [-0.2, -0.15) is 0 Å². The lowest BCUT2D eigenvalue weighted by Gasteiger charge is -2.33. The number of ether oxygens (including phenoxy) is 2. The highest BCUT2D eigenvalue weighted by molar-refractivity contribution is 5.74. The summed E-state index contributed by atoms with van der Waals surface area (Å²) in [5.74, 6) is 1.84. The number of carbonyl (C=O) groups is 1. The van der Waals surface area contributed by atoms with Crippen molar-refractivity contribution in [3.63, 3.8) is 0 Å². The quantitative estimate of drug-likeness (QED) is 0.794. The van der Waals surface area contributed by atoms with E-state index in [4.69, 9.17) is 15.2 Å². The molecule has 0 saturated carbocycles. The Kier molecular flexibility index (Phi) is 6.65. The molecule has 2 amide bonds. The molecule has 2 heterocycles. The number of likely N-dealkylation sites (tertiary alicyclic amines) is 1. The van der Waals surface area contributed by atoms with Gasteiger partial charge in [-0.15, -0.1) is 0 Å². The van der Waals surface area contributed by atoms with Crippen LogP contribution in [0, 0.1) is 0 Å². The van der Waals surface area contributed by atoms with E-state index in [-0.39, 0.29) is 19.0 Å². The molecule has 28 heavy (non-hydrogen) atoms. The van der Waals surface area contributed by atoms with Crippen LogP contribution in [-0.2, 0) is 6.54 Å². The molecule has 2 atom stereocenters. The summed E-state index contributed by atoms with van der Waals surface area (Å²) >= 11 is 0. The molecular formula is C20H25FN4O3. The Labute approximate surface area is 163 Å². The monoisotopic (exact) mass is 388 g/mol. The van der Waals surface area contributed by atoms with Crippen LogP contribution < -0.4 is 20.5 Å². The third-order valence-corrected chi connectivity index (χ3v) is 4.46. The van der Waals surface area contributed by atoms with Crippen LogP contribution in [0.1, 0.15) is 18.9 Å². The van der Waals surface area contributed by atoms with Crippen LogP contribution in [0.5, 0.6) is 17.4 Å². The average Bonchev–Trinajstić information content (AvgIpc) is 2.70. The lowest BCUT2D eigenvalue weighted by molar-refractivity contribution is 0.135. The van der Waals surface area contributed by atoms with Crippen LogP contribution in [0.25, 0.3) is 0 Å². The highest BCUT2D eigenvalue weighted by Gasteiger charge is 2.28. The second kappa shape index (κ2) is 9.36. The molecule has 1 fully saturated rings. The first-order valence-corrected chi connectivity index (χ1v) is 9.33. The van der Waals surface area contributed by atoms with Crippen molar-refractivity contribution < 1.29 is 18.7 Å². The number of hydrogen-bond acceptors (Lipinski definition) is 5. The number of piperidine rings is 1. The van der Waals surface area contributed by atoms with Gasteiger partial charge < -0.3 is 25.4 Å². The molecule has 2 aromatic rings. The second-order valence-electron chi connectivity index (χ2n) is 6.58. The third-order valence-electron chi connectivity index (χ3n) is 4.46. The Morgan fingerprint density at radius 2 is 2.07 bits per heavy atom. The van der Waals surface area contributed by atoms with Crippen LogP contribution in [0.4, 0.5) is 9.18 Å². The largest absolute Gasteiger partial charge is 0.494 e. The first-order valence-electron chi connectivity index (χ1n) is 9.33. The molecule has 3 N–H and O–H groups in total. The molecule has 150 valence electrons. The maximum Gasteiger partial charge on any atom is 0.317 e. The zero-order valence-electron chi connectivity index (χ0n) is 15.8. The summed E-state index contributed by atoms with van der Waals surface area (Å²) in [5, 5.41) is 2.83. The minimum absolute atomic E-state index is 0.218. The Morgan fingerprint density at radius 1 is 1.32 bits per heavy atom. The van der Waals surface area contributed by atoms with Crippen molar-refractivity contribution in [3.8, 4) is 17.4 Å². The molecule has 1 saturated heterocycles. The number of nitrogens with two attached hydrogens (primary N) is 1. The number of rotatable bonds is 6. The second-order valence-corrected chi connectivity index (χ2v) is 6.58. The van der Waals surface area contributed by atoms with Crippen molar-refractivity contribution in [1.29, 1.82) is 0 Å². The van der Waals surface area contributed by atoms with E-state index in [9.17, 15) is 9.18 Å². The predicted molar refractivity (Wildman–Crippen MR) is 103 cm³/mol. The van der Waals surface area contributed by atoms with Gasteiger partial charge in [0.05, 0.1) is 12.6 Å². The Hall–Kier alpha value is -2.87. The molecule has 0 spiro atoms. The lowest BCUT2D eigenvalue weighted by atomic mass is 10.1. The van der Waals surface area contributed by atoms with Gasteiger partial charge in [0.2, 0.25) is 5.88 Å². The number of aromatic nitrogens is 1. The molecule has 1 aliphatic rings. The van der Waals surface area contributed by atoms with Gasteiger partial charge in [0, 0.05) is 31.9 Å². The van der Waals surface area contributed by atoms with Crippen LogP contribution in [0.3, 0.4) is 0 Å². The molecule has 1 aliphatic heterocycles. The Bertz CT molecular complexity index is 787. The topological polar surface area (TPSA) is 89.7 Å². The lowest BCUT2D eigenvalue weighted by Crippen LogP contribution is -2.53. The predicted octanol–water partition coefficient (Wildman–Crippen LogP) is 2.85. The summed E-state index contributed by atoms with van der Waals surface area (Å²) in [6.07, 6.45) is 0.839. The molecular weight excluding hydrogens is 363 g/mol. The minimum Gasteiger partial charge on any atom is -0.494 e. The number of benzene rings is 1. The first kappa shape index (κ1) is 19.9. The third kappa shape index (κ3) is 5.32. The fourth-order valence-corrected chi connectivity index (χ4v) is 2.93. The van der Waals surface area contributed by atoms with Crippen molar-refractivity contribution in [2.24, 2.45) is 5.73 Å². The van der Waals surface area contributed by atoms with Gasteiger partial charge in [-0.25, -0.2) is 14.2 Å². The van der Waals surface area contributed by atoms with Crippen molar-refractivity contribution in [3.05, 3.63) is 48.2 Å². The number of carbonyl (C=O) groups excluding carboxylic acids is 1. The number of urea groups is 1. The Morgan fingerprint density at radius 3 is 2.79 bits per heavy atom. The van der Waals surface area contributed by atoms with E-state index in [1.807, 2.05) is 19.1 Å². The number of alkyl halides is 1. The molecule has 3 rings (SSSR count). The minimum atomic E-state index is -1.05. The van der Waals surface area contributed by atoms with Gasteiger partial charge >= 0.3 is 6.03 Å². The van der Waals surface area contributed by atoms with Crippen LogP contribution in [0.2, 0.25) is 0 Å². The molecule has 0 unspecified atom stereocenters. The van der Waals surface area contributed by atoms with Gasteiger partial charge in [0.1, 0.15) is 17.7 Å². The molecule has 8 heteroatoms. The van der Waals surface area contributed by atoms with Crippen molar-refractivity contribution >= 4 is 6.03 Å². The first-order chi connectivity index (χ1) is 13.5. The summed E-state index contributed by atoms with van der Waals surface area (Å²) in [4.78, 5) is 18.0. The van der Waals surface area contributed by atoms with Crippen LogP contribution in [0.15, 0.2) is 42.6 Å². The van der Waals surface area contributed by atoms with E-state index in [0.717, 1.165) is 11.3 Å². The SMILES string of the molecule is CCOc1ccc(Oc2cc(CNC(=O)N3CC[C@@H](F)[C@H](N)C3)ccn2)cc1. The van der Waals surface area contributed by atoms with Gasteiger partial charge in [0.15, 0.2) is 0 Å². The van der Waals surface area contributed by atoms with E-state index in [0.29, 0.717) is 31.3 Å². The zero-order valence-corrected chi connectivity index (χ0v) is 15.8. The normalized spacial score (nSPS) is 19.2. The van der Waals surface area contributed by atoms with Crippen molar-refractivity contribution in [1.82, 2.24) is 15.2 Å². The maximum absolute atomic E-state index is 13.4. The highest BCUT2D eigenvalue weighted by atomic mass is 19.1.